The monoisotopic (exact) mass is 293 g/mol. The smallest absolute Gasteiger partial charge is 0.242 e. The summed E-state index contributed by atoms with van der Waals surface area (Å²) in [5.74, 6) is -1.86. The van der Waals surface area contributed by atoms with Crippen molar-refractivity contribution in [3.63, 3.8) is 0 Å². The maximum Gasteiger partial charge on any atom is 0.242 e. The van der Waals surface area contributed by atoms with Gasteiger partial charge in [0, 0.05) is 24.7 Å². The summed E-state index contributed by atoms with van der Waals surface area (Å²) < 4.78 is 28.1. The third-order valence-corrected chi connectivity index (χ3v) is 4.09. The molecule has 0 saturated carbocycles. The number of benzene rings is 1. The molecule has 3 rings (SSSR count). The van der Waals surface area contributed by atoms with Crippen molar-refractivity contribution in [2.24, 2.45) is 0 Å². The van der Waals surface area contributed by atoms with Crippen LogP contribution in [0.3, 0.4) is 0 Å². The van der Waals surface area contributed by atoms with Crippen molar-refractivity contribution in [3.8, 4) is 0 Å². The number of imidazole rings is 1. The summed E-state index contributed by atoms with van der Waals surface area (Å²) in [6.07, 6.45) is 4.62. The minimum Gasteiger partial charge on any atom is -0.338 e. The molecule has 21 heavy (non-hydrogen) atoms. The number of aromatic nitrogens is 2. The zero-order valence-electron chi connectivity index (χ0n) is 11.9. The lowest BCUT2D eigenvalue weighted by Gasteiger charge is -2.33. The minimum atomic E-state index is -0.928. The second kappa shape index (κ2) is 5.42. The summed E-state index contributed by atoms with van der Waals surface area (Å²) in [5.41, 5.74) is 0.792. The van der Waals surface area contributed by atoms with E-state index in [9.17, 15) is 13.6 Å². The third kappa shape index (κ3) is 2.62. The van der Waals surface area contributed by atoms with E-state index in [2.05, 4.69) is 4.98 Å². The van der Waals surface area contributed by atoms with E-state index in [-0.39, 0.29) is 18.5 Å². The molecule has 0 unspecified atom stereocenters. The van der Waals surface area contributed by atoms with Crippen LogP contribution in [0.25, 0.3) is 11.0 Å². The highest BCUT2D eigenvalue weighted by atomic mass is 19.2. The molecule has 0 bridgehead atoms. The first-order chi connectivity index (χ1) is 10.1. The van der Waals surface area contributed by atoms with Crippen LogP contribution in [-0.2, 0) is 11.3 Å². The highest BCUT2D eigenvalue weighted by molar-refractivity contribution is 5.81. The second-order valence-electron chi connectivity index (χ2n) is 5.56. The zero-order chi connectivity index (χ0) is 15.0. The highest BCUT2D eigenvalue weighted by Gasteiger charge is 2.23. The number of amides is 1. The van der Waals surface area contributed by atoms with Gasteiger partial charge in [-0.05, 0) is 26.2 Å². The molecule has 1 saturated heterocycles. The van der Waals surface area contributed by atoms with E-state index in [1.807, 2.05) is 11.8 Å². The normalized spacial score (nSPS) is 19.2. The van der Waals surface area contributed by atoms with Crippen LogP contribution < -0.4 is 0 Å². The first-order valence-corrected chi connectivity index (χ1v) is 7.15. The van der Waals surface area contributed by atoms with Gasteiger partial charge in [0.15, 0.2) is 11.6 Å². The molecule has 4 nitrogen and oxygen atoms in total. The Morgan fingerprint density at radius 1 is 1.33 bits per heavy atom. The van der Waals surface area contributed by atoms with Gasteiger partial charge in [-0.15, -0.1) is 0 Å². The van der Waals surface area contributed by atoms with Gasteiger partial charge in [-0.2, -0.15) is 0 Å². The quantitative estimate of drug-likeness (QED) is 0.854. The second-order valence-corrected chi connectivity index (χ2v) is 5.56. The Labute approximate surface area is 121 Å². The first-order valence-electron chi connectivity index (χ1n) is 7.15. The van der Waals surface area contributed by atoms with Crippen molar-refractivity contribution in [2.75, 3.05) is 6.54 Å². The Morgan fingerprint density at radius 2 is 2.10 bits per heavy atom. The van der Waals surface area contributed by atoms with Crippen LogP contribution >= 0.6 is 0 Å². The number of nitrogens with zero attached hydrogens (tertiary/aromatic N) is 3. The zero-order valence-corrected chi connectivity index (χ0v) is 11.9. The average Bonchev–Trinajstić information content (AvgIpc) is 2.82. The van der Waals surface area contributed by atoms with Crippen LogP contribution in [0.5, 0.6) is 0 Å². The molecule has 1 aliphatic heterocycles. The number of piperidine rings is 1. The predicted molar refractivity (Wildman–Crippen MR) is 74.7 cm³/mol. The fourth-order valence-electron chi connectivity index (χ4n) is 2.88. The van der Waals surface area contributed by atoms with Crippen molar-refractivity contribution in [1.29, 1.82) is 0 Å². The number of likely N-dealkylation sites (tertiary alicyclic amines) is 1. The van der Waals surface area contributed by atoms with E-state index in [1.165, 1.54) is 6.33 Å². The van der Waals surface area contributed by atoms with E-state index in [4.69, 9.17) is 0 Å². The summed E-state index contributed by atoms with van der Waals surface area (Å²) in [4.78, 5) is 18.3. The van der Waals surface area contributed by atoms with Gasteiger partial charge in [0.25, 0.3) is 0 Å². The fourth-order valence-corrected chi connectivity index (χ4v) is 2.88. The van der Waals surface area contributed by atoms with Gasteiger partial charge >= 0.3 is 0 Å². The first kappa shape index (κ1) is 14.0. The Hall–Kier alpha value is -1.98. The maximum atomic E-state index is 13.3. The Balaban J connectivity index is 1.84. The van der Waals surface area contributed by atoms with E-state index in [1.54, 1.807) is 4.57 Å². The number of halogens is 2. The van der Waals surface area contributed by atoms with E-state index in [0.29, 0.717) is 11.0 Å². The number of carbonyl (C=O) groups excluding carboxylic acids is 1. The molecular formula is C15H17F2N3O. The van der Waals surface area contributed by atoms with Crippen LogP contribution in [0.1, 0.15) is 26.2 Å². The summed E-state index contributed by atoms with van der Waals surface area (Å²) in [5, 5.41) is 0. The van der Waals surface area contributed by atoms with Gasteiger partial charge in [0.05, 0.1) is 17.4 Å². The number of carbonyl (C=O) groups is 1. The predicted octanol–water partition coefficient (Wildman–Crippen LogP) is 2.72. The van der Waals surface area contributed by atoms with Crippen LogP contribution in [0.15, 0.2) is 18.5 Å². The van der Waals surface area contributed by atoms with Crippen LogP contribution in [0.4, 0.5) is 8.78 Å². The van der Waals surface area contributed by atoms with Crippen molar-refractivity contribution >= 4 is 16.9 Å². The lowest BCUT2D eigenvalue weighted by atomic mass is 10.0. The van der Waals surface area contributed by atoms with Gasteiger partial charge in [-0.25, -0.2) is 13.8 Å². The molecule has 1 aromatic heterocycles. The van der Waals surface area contributed by atoms with Gasteiger partial charge in [-0.3, -0.25) is 4.79 Å². The van der Waals surface area contributed by atoms with Crippen LogP contribution in [0.2, 0.25) is 0 Å². The molecule has 2 aromatic rings. The van der Waals surface area contributed by atoms with Crippen molar-refractivity contribution in [3.05, 3.63) is 30.1 Å². The molecule has 0 spiro atoms. The maximum absolute atomic E-state index is 13.3. The largest absolute Gasteiger partial charge is 0.338 e. The Bertz CT molecular complexity index is 683. The lowest BCUT2D eigenvalue weighted by Crippen LogP contribution is -2.43. The molecular weight excluding hydrogens is 276 g/mol. The number of hydrogen-bond acceptors (Lipinski definition) is 2. The third-order valence-electron chi connectivity index (χ3n) is 4.09. The molecule has 1 fully saturated rings. The van der Waals surface area contributed by atoms with Crippen molar-refractivity contribution < 1.29 is 13.6 Å². The van der Waals surface area contributed by atoms with Crippen LogP contribution in [0, 0.1) is 11.6 Å². The molecule has 6 heteroatoms. The van der Waals surface area contributed by atoms with E-state index >= 15 is 0 Å². The molecule has 1 aliphatic rings. The van der Waals surface area contributed by atoms with Gasteiger partial charge < -0.3 is 9.47 Å². The van der Waals surface area contributed by atoms with E-state index in [0.717, 1.165) is 37.9 Å². The molecule has 0 radical (unpaired) electrons. The number of rotatable bonds is 2. The number of fused-ring (bicyclic) bond motifs is 1. The molecule has 2 heterocycles. The topological polar surface area (TPSA) is 38.1 Å². The van der Waals surface area contributed by atoms with Crippen LogP contribution in [-0.4, -0.2) is 32.9 Å². The molecule has 0 aliphatic carbocycles. The summed E-state index contributed by atoms with van der Waals surface area (Å²) in [6, 6.07) is 2.37. The van der Waals surface area contributed by atoms with Crippen molar-refractivity contribution in [2.45, 2.75) is 38.8 Å². The Morgan fingerprint density at radius 3 is 2.86 bits per heavy atom. The molecule has 0 N–H and O–H groups in total. The molecule has 112 valence electrons. The van der Waals surface area contributed by atoms with Gasteiger partial charge in [-0.1, -0.05) is 0 Å². The molecule has 1 aromatic carbocycles. The SMILES string of the molecule is C[C@@H]1CCCCN1C(=O)Cn1cnc2cc(F)c(F)cc21. The number of hydrogen-bond donors (Lipinski definition) is 0. The summed E-state index contributed by atoms with van der Waals surface area (Å²) >= 11 is 0. The van der Waals surface area contributed by atoms with E-state index < -0.39 is 11.6 Å². The van der Waals surface area contributed by atoms with Gasteiger partial charge in [0.2, 0.25) is 5.91 Å². The Kier molecular flexibility index (Phi) is 3.61. The average molecular weight is 293 g/mol. The van der Waals surface area contributed by atoms with Gasteiger partial charge in [0.1, 0.15) is 6.54 Å². The van der Waals surface area contributed by atoms with Crippen molar-refractivity contribution in [1.82, 2.24) is 14.5 Å². The fraction of sp³-hybridized carbons (Fsp3) is 0.467. The summed E-state index contributed by atoms with van der Waals surface area (Å²) in [7, 11) is 0. The molecule has 1 atom stereocenters. The summed E-state index contributed by atoms with van der Waals surface area (Å²) in [6.45, 7) is 2.90. The highest BCUT2D eigenvalue weighted by Crippen LogP contribution is 2.20. The molecule has 1 amide bonds. The standard InChI is InChI=1S/C15H17F2N3O/c1-10-4-2-3-5-20(10)15(21)8-19-9-18-13-6-11(16)12(17)7-14(13)19/h6-7,9-10H,2-5,8H2,1H3/t10-/m1/s1. The minimum absolute atomic E-state index is 0.00812. The lowest BCUT2D eigenvalue weighted by molar-refractivity contribution is -0.135.